The quantitative estimate of drug-likeness (QED) is 0.844. The summed E-state index contributed by atoms with van der Waals surface area (Å²) in [6, 6.07) is 7.11. The van der Waals surface area contributed by atoms with Gasteiger partial charge in [-0.2, -0.15) is 0 Å². The molecule has 1 heterocycles. The molecule has 1 fully saturated rings. The van der Waals surface area contributed by atoms with Gasteiger partial charge in [-0.15, -0.1) is 0 Å². The van der Waals surface area contributed by atoms with Crippen LogP contribution >= 0.6 is 11.6 Å². The van der Waals surface area contributed by atoms with Gasteiger partial charge in [-0.3, -0.25) is 4.79 Å². The summed E-state index contributed by atoms with van der Waals surface area (Å²) < 4.78 is 5.89. The van der Waals surface area contributed by atoms with Crippen molar-refractivity contribution in [3.8, 4) is 5.75 Å². The zero-order valence-electron chi connectivity index (χ0n) is 13.2. The number of amides is 1. The summed E-state index contributed by atoms with van der Waals surface area (Å²) >= 11 is 5.87. The third-order valence-electron chi connectivity index (χ3n) is 3.86. The van der Waals surface area contributed by atoms with E-state index in [1.54, 1.807) is 24.3 Å². The smallest absolute Gasteiger partial charge is 0.266 e. The van der Waals surface area contributed by atoms with Crippen LogP contribution in [0.5, 0.6) is 5.75 Å². The van der Waals surface area contributed by atoms with Gasteiger partial charge in [-0.05, 0) is 56.4 Å². The molecule has 1 aliphatic rings. The molecule has 1 aromatic rings. The van der Waals surface area contributed by atoms with Crippen molar-refractivity contribution in [2.45, 2.75) is 39.7 Å². The molecule has 1 aliphatic heterocycles. The van der Waals surface area contributed by atoms with Gasteiger partial charge < -0.3 is 9.64 Å². The summed E-state index contributed by atoms with van der Waals surface area (Å²) in [5.41, 5.74) is -0.870. The molecule has 3 nitrogen and oxygen atoms in total. The number of hydrogen-bond acceptors (Lipinski definition) is 2. The Kier molecular flexibility index (Phi) is 4.82. The van der Waals surface area contributed by atoms with Crippen LogP contribution in [0.3, 0.4) is 0 Å². The molecule has 0 aromatic heterocycles. The van der Waals surface area contributed by atoms with Crippen molar-refractivity contribution in [2.24, 2.45) is 11.8 Å². The van der Waals surface area contributed by atoms with Gasteiger partial charge in [0.2, 0.25) is 0 Å². The van der Waals surface area contributed by atoms with Crippen molar-refractivity contribution in [1.29, 1.82) is 0 Å². The molecule has 1 saturated heterocycles. The monoisotopic (exact) mass is 309 g/mol. The van der Waals surface area contributed by atoms with Crippen molar-refractivity contribution in [3.63, 3.8) is 0 Å². The molecule has 2 rings (SSSR count). The number of hydrogen-bond donors (Lipinski definition) is 0. The van der Waals surface area contributed by atoms with Crippen LogP contribution in [-0.2, 0) is 4.79 Å². The molecule has 2 atom stereocenters. The zero-order valence-corrected chi connectivity index (χ0v) is 14.0. The van der Waals surface area contributed by atoms with Gasteiger partial charge in [-0.25, -0.2) is 0 Å². The van der Waals surface area contributed by atoms with Gasteiger partial charge in [-0.1, -0.05) is 25.4 Å². The minimum Gasteiger partial charge on any atom is -0.478 e. The van der Waals surface area contributed by atoms with Gasteiger partial charge in [0.15, 0.2) is 5.60 Å². The Morgan fingerprint density at radius 3 is 2.24 bits per heavy atom. The van der Waals surface area contributed by atoms with E-state index >= 15 is 0 Å². The van der Waals surface area contributed by atoms with Gasteiger partial charge >= 0.3 is 0 Å². The molecule has 0 saturated carbocycles. The number of rotatable bonds is 3. The Morgan fingerprint density at radius 2 is 1.71 bits per heavy atom. The highest BCUT2D eigenvalue weighted by Gasteiger charge is 2.37. The summed E-state index contributed by atoms with van der Waals surface area (Å²) in [4.78, 5) is 14.7. The maximum Gasteiger partial charge on any atom is 0.266 e. The Bertz CT molecular complexity index is 488. The summed E-state index contributed by atoms with van der Waals surface area (Å²) in [7, 11) is 0. The van der Waals surface area contributed by atoms with Gasteiger partial charge in [0.25, 0.3) is 5.91 Å². The van der Waals surface area contributed by atoms with Crippen LogP contribution in [0.15, 0.2) is 24.3 Å². The van der Waals surface area contributed by atoms with Crippen molar-refractivity contribution in [2.75, 3.05) is 13.1 Å². The summed E-state index contributed by atoms with van der Waals surface area (Å²) in [5, 5.41) is 0.658. The highest BCUT2D eigenvalue weighted by molar-refractivity contribution is 6.30. The van der Waals surface area contributed by atoms with E-state index < -0.39 is 5.60 Å². The second kappa shape index (κ2) is 6.27. The maximum absolute atomic E-state index is 12.8. The van der Waals surface area contributed by atoms with Crippen LogP contribution in [-0.4, -0.2) is 29.5 Å². The molecular weight excluding hydrogens is 286 g/mol. The number of ether oxygens (including phenoxy) is 1. The van der Waals surface area contributed by atoms with Gasteiger partial charge in [0.1, 0.15) is 5.75 Å². The Morgan fingerprint density at radius 1 is 1.19 bits per heavy atom. The molecule has 116 valence electrons. The van der Waals surface area contributed by atoms with Crippen LogP contribution in [0.25, 0.3) is 0 Å². The predicted molar refractivity (Wildman–Crippen MR) is 85.7 cm³/mol. The first-order chi connectivity index (χ1) is 9.78. The first-order valence-electron chi connectivity index (χ1n) is 7.52. The van der Waals surface area contributed by atoms with E-state index in [-0.39, 0.29) is 5.91 Å². The molecular formula is C17H24ClNO2. The van der Waals surface area contributed by atoms with Crippen molar-refractivity contribution in [3.05, 3.63) is 29.3 Å². The lowest BCUT2D eigenvalue weighted by molar-refractivity contribution is -0.148. The first-order valence-corrected chi connectivity index (χ1v) is 7.89. The average Bonchev–Trinajstić information content (AvgIpc) is 2.39. The van der Waals surface area contributed by atoms with Crippen LogP contribution in [0.4, 0.5) is 0 Å². The fourth-order valence-electron chi connectivity index (χ4n) is 3.05. The highest BCUT2D eigenvalue weighted by Crippen LogP contribution is 2.26. The fourth-order valence-corrected chi connectivity index (χ4v) is 3.18. The summed E-state index contributed by atoms with van der Waals surface area (Å²) in [6.45, 7) is 9.68. The molecule has 1 amide bonds. The molecule has 0 aliphatic carbocycles. The number of likely N-dealkylation sites (tertiary alicyclic amines) is 1. The van der Waals surface area contributed by atoms with Crippen molar-refractivity contribution >= 4 is 17.5 Å². The van der Waals surface area contributed by atoms with Gasteiger partial charge in [0.05, 0.1) is 0 Å². The number of nitrogens with zero attached hydrogens (tertiary/aromatic N) is 1. The number of carbonyl (C=O) groups excluding carboxylic acids is 1. The van der Waals surface area contributed by atoms with E-state index in [1.807, 2.05) is 18.7 Å². The lowest BCUT2D eigenvalue weighted by Gasteiger charge is -2.39. The van der Waals surface area contributed by atoms with Gasteiger partial charge in [0, 0.05) is 18.1 Å². The first kappa shape index (κ1) is 16.2. The fraction of sp³-hybridized carbons (Fsp3) is 0.588. The molecule has 21 heavy (non-hydrogen) atoms. The number of carbonyl (C=O) groups is 1. The standard InChI is InChI=1S/C17H24ClNO2/c1-12-9-13(2)11-19(10-12)16(20)17(3,4)21-15-7-5-14(18)6-8-15/h5-8,12-13H,9-11H2,1-4H3/t12-,13-/m0/s1. The number of piperidine rings is 1. The number of benzene rings is 1. The second-order valence-corrected chi connectivity index (χ2v) is 7.16. The third-order valence-corrected chi connectivity index (χ3v) is 4.11. The van der Waals surface area contributed by atoms with Crippen LogP contribution in [0, 0.1) is 11.8 Å². The Labute approximate surface area is 132 Å². The molecule has 0 spiro atoms. The summed E-state index contributed by atoms with van der Waals surface area (Å²) in [6.07, 6.45) is 1.18. The minimum absolute atomic E-state index is 0.0517. The SMILES string of the molecule is C[C@H]1C[C@H](C)CN(C(=O)C(C)(C)Oc2ccc(Cl)cc2)C1. The topological polar surface area (TPSA) is 29.5 Å². The largest absolute Gasteiger partial charge is 0.478 e. The zero-order chi connectivity index (χ0) is 15.6. The van der Waals surface area contributed by atoms with Crippen molar-refractivity contribution < 1.29 is 9.53 Å². The molecule has 0 bridgehead atoms. The van der Waals surface area contributed by atoms with Crippen LogP contribution in [0.2, 0.25) is 5.02 Å². The van der Waals surface area contributed by atoms with E-state index in [9.17, 15) is 4.79 Å². The third kappa shape index (κ3) is 4.13. The van der Waals surface area contributed by atoms with Crippen LogP contribution < -0.4 is 4.74 Å². The minimum atomic E-state index is -0.870. The summed E-state index contributed by atoms with van der Waals surface area (Å²) in [5.74, 6) is 1.81. The Hall–Kier alpha value is -1.22. The lowest BCUT2D eigenvalue weighted by Crippen LogP contribution is -2.53. The highest BCUT2D eigenvalue weighted by atomic mass is 35.5. The van der Waals surface area contributed by atoms with E-state index in [4.69, 9.17) is 16.3 Å². The van der Waals surface area contributed by atoms with Crippen LogP contribution in [0.1, 0.15) is 34.1 Å². The number of halogens is 1. The molecule has 0 unspecified atom stereocenters. The second-order valence-electron chi connectivity index (χ2n) is 6.72. The van der Waals surface area contributed by atoms with E-state index in [0.717, 1.165) is 13.1 Å². The normalized spacial score (nSPS) is 23.0. The van der Waals surface area contributed by atoms with E-state index in [2.05, 4.69) is 13.8 Å². The average molecular weight is 310 g/mol. The Balaban J connectivity index is 2.07. The lowest BCUT2D eigenvalue weighted by atomic mass is 9.91. The van der Waals surface area contributed by atoms with E-state index in [1.165, 1.54) is 6.42 Å². The molecule has 4 heteroatoms. The predicted octanol–water partition coefficient (Wildman–Crippen LogP) is 4.00. The van der Waals surface area contributed by atoms with Crippen molar-refractivity contribution in [1.82, 2.24) is 4.90 Å². The maximum atomic E-state index is 12.8. The molecule has 1 aromatic carbocycles. The molecule has 0 N–H and O–H groups in total. The van der Waals surface area contributed by atoms with E-state index in [0.29, 0.717) is 22.6 Å². The molecule has 0 radical (unpaired) electrons.